The minimum atomic E-state index is -0.288. The van der Waals surface area contributed by atoms with Crippen LogP contribution in [0.4, 0.5) is 0 Å². The van der Waals surface area contributed by atoms with Gasteiger partial charge in [-0.2, -0.15) is 0 Å². The smallest absolute Gasteiger partial charge is 0.225 e. The third-order valence-corrected chi connectivity index (χ3v) is 3.91. The Morgan fingerprint density at radius 2 is 1.69 bits per heavy atom. The van der Waals surface area contributed by atoms with Gasteiger partial charge in [0, 0.05) is 19.0 Å². The lowest BCUT2D eigenvalue weighted by atomic mass is 9.97. The van der Waals surface area contributed by atoms with Gasteiger partial charge in [-0.1, -0.05) is 25.7 Å². The van der Waals surface area contributed by atoms with Gasteiger partial charge in [-0.05, 0) is 25.7 Å². The van der Waals surface area contributed by atoms with Crippen molar-refractivity contribution in [3.63, 3.8) is 0 Å². The molecule has 0 aromatic carbocycles. The van der Waals surface area contributed by atoms with Crippen LogP contribution >= 0.6 is 0 Å². The van der Waals surface area contributed by atoms with Crippen LogP contribution in [0.1, 0.15) is 51.4 Å². The van der Waals surface area contributed by atoms with Crippen molar-refractivity contribution < 1.29 is 9.90 Å². The Hall–Kier alpha value is -0.570. The van der Waals surface area contributed by atoms with E-state index in [1.807, 2.05) is 4.90 Å². The van der Waals surface area contributed by atoms with Crippen molar-refractivity contribution in [3.8, 4) is 0 Å². The molecular weight excluding hydrogens is 202 g/mol. The van der Waals surface area contributed by atoms with Crippen molar-refractivity contribution >= 4 is 5.91 Å². The van der Waals surface area contributed by atoms with E-state index in [2.05, 4.69) is 0 Å². The van der Waals surface area contributed by atoms with Crippen LogP contribution in [0.25, 0.3) is 0 Å². The van der Waals surface area contributed by atoms with Gasteiger partial charge in [0.05, 0.1) is 6.10 Å². The van der Waals surface area contributed by atoms with E-state index in [4.69, 9.17) is 0 Å². The second kappa shape index (κ2) is 5.67. The van der Waals surface area contributed by atoms with E-state index in [1.54, 1.807) is 0 Å². The topological polar surface area (TPSA) is 40.5 Å². The van der Waals surface area contributed by atoms with Crippen LogP contribution in [0, 0.1) is 5.92 Å². The molecule has 0 bridgehead atoms. The minimum Gasteiger partial charge on any atom is -0.391 e. The largest absolute Gasteiger partial charge is 0.391 e. The fourth-order valence-electron chi connectivity index (χ4n) is 2.94. The highest BCUT2D eigenvalue weighted by atomic mass is 16.3. The zero-order valence-electron chi connectivity index (χ0n) is 10.0. The third kappa shape index (κ3) is 2.97. The number of likely N-dealkylation sites (tertiary alicyclic amines) is 1. The molecule has 92 valence electrons. The van der Waals surface area contributed by atoms with Crippen LogP contribution in [0.3, 0.4) is 0 Å². The maximum atomic E-state index is 12.3. The Balaban J connectivity index is 1.89. The van der Waals surface area contributed by atoms with Crippen LogP contribution in [-0.2, 0) is 4.79 Å². The summed E-state index contributed by atoms with van der Waals surface area (Å²) in [5, 5.41) is 9.59. The molecule has 0 spiro atoms. The van der Waals surface area contributed by atoms with E-state index in [0.29, 0.717) is 12.5 Å². The molecule has 0 radical (unpaired) electrons. The first kappa shape index (κ1) is 11.9. The Kier molecular flexibility index (Phi) is 4.22. The molecule has 0 aromatic heterocycles. The summed E-state index contributed by atoms with van der Waals surface area (Å²) >= 11 is 0. The Bertz CT molecular complexity index is 230. The molecule has 1 aliphatic heterocycles. The van der Waals surface area contributed by atoms with Gasteiger partial charge in [-0.3, -0.25) is 4.79 Å². The first-order chi connectivity index (χ1) is 7.77. The first-order valence-corrected chi connectivity index (χ1v) is 6.74. The molecular formula is C13H23NO2. The number of amides is 1. The first-order valence-electron chi connectivity index (χ1n) is 6.74. The lowest BCUT2D eigenvalue weighted by Crippen LogP contribution is -2.44. The van der Waals surface area contributed by atoms with E-state index in [-0.39, 0.29) is 12.0 Å². The molecule has 1 saturated carbocycles. The minimum absolute atomic E-state index is 0.243. The standard InChI is InChI=1S/C13H23NO2/c15-12-8-5-9-14(10-12)13(16)11-6-3-1-2-4-7-11/h11-12,15H,1-10H2/t12-/m0/s1. The van der Waals surface area contributed by atoms with Gasteiger partial charge in [0.25, 0.3) is 0 Å². The van der Waals surface area contributed by atoms with Crippen LogP contribution < -0.4 is 0 Å². The SMILES string of the molecule is O=C(C1CCCCCC1)N1CCC[C@H](O)C1. The van der Waals surface area contributed by atoms with Gasteiger partial charge in [0.15, 0.2) is 0 Å². The number of β-amino-alcohol motifs (C(OH)–C–C–N with tert-alkyl or cyclic N) is 1. The highest BCUT2D eigenvalue weighted by Crippen LogP contribution is 2.25. The van der Waals surface area contributed by atoms with Crippen molar-refractivity contribution in [2.45, 2.75) is 57.5 Å². The van der Waals surface area contributed by atoms with Crippen LogP contribution in [0.5, 0.6) is 0 Å². The molecule has 2 rings (SSSR count). The fraction of sp³-hybridized carbons (Fsp3) is 0.923. The number of nitrogens with zero attached hydrogens (tertiary/aromatic N) is 1. The molecule has 1 N–H and O–H groups in total. The quantitative estimate of drug-likeness (QED) is 0.693. The molecule has 1 saturated heterocycles. The predicted octanol–water partition coefficient (Wildman–Crippen LogP) is 1.94. The Morgan fingerprint density at radius 1 is 1.00 bits per heavy atom. The molecule has 0 unspecified atom stereocenters. The second-order valence-corrected chi connectivity index (χ2v) is 5.27. The summed E-state index contributed by atoms with van der Waals surface area (Å²) in [6.07, 6.45) is 8.62. The van der Waals surface area contributed by atoms with E-state index < -0.39 is 0 Å². The lowest BCUT2D eigenvalue weighted by Gasteiger charge is -2.32. The zero-order valence-corrected chi connectivity index (χ0v) is 10.0. The molecule has 1 heterocycles. The molecule has 3 nitrogen and oxygen atoms in total. The molecule has 3 heteroatoms. The molecule has 1 atom stereocenters. The third-order valence-electron chi connectivity index (χ3n) is 3.91. The van der Waals surface area contributed by atoms with Crippen molar-refractivity contribution in [2.24, 2.45) is 5.92 Å². The maximum Gasteiger partial charge on any atom is 0.225 e. The molecule has 2 fully saturated rings. The van der Waals surface area contributed by atoms with Crippen molar-refractivity contribution in [1.82, 2.24) is 4.90 Å². The summed E-state index contributed by atoms with van der Waals surface area (Å²) in [7, 11) is 0. The number of aliphatic hydroxyl groups excluding tert-OH is 1. The number of carbonyl (C=O) groups excluding carboxylic acids is 1. The van der Waals surface area contributed by atoms with Gasteiger partial charge in [0.1, 0.15) is 0 Å². The monoisotopic (exact) mass is 225 g/mol. The van der Waals surface area contributed by atoms with E-state index >= 15 is 0 Å². The summed E-state index contributed by atoms with van der Waals surface area (Å²) in [6.45, 7) is 1.42. The number of hydrogen-bond donors (Lipinski definition) is 1. The van der Waals surface area contributed by atoms with E-state index in [9.17, 15) is 9.90 Å². The molecule has 1 amide bonds. The second-order valence-electron chi connectivity index (χ2n) is 5.27. The summed E-state index contributed by atoms with van der Waals surface area (Å²) < 4.78 is 0. The highest BCUT2D eigenvalue weighted by molar-refractivity contribution is 5.79. The van der Waals surface area contributed by atoms with Crippen LogP contribution in [0.2, 0.25) is 0 Å². The number of rotatable bonds is 1. The van der Waals surface area contributed by atoms with Crippen molar-refractivity contribution in [3.05, 3.63) is 0 Å². The van der Waals surface area contributed by atoms with E-state index in [1.165, 1.54) is 25.7 Å². The molecule has 16 heavy (non-hydrogen) atoms. The molecule has 0 aromatic rings. The van der Waals surface area contributed by atoms with Crippen LogP contribution in [-0.4, -0.2) is 35.1 Å². The Morgan fingerprint density at radius 3 is 2.31 bits per heavy atom. The van der Waals surface area contributed by atoms with Crippen molar-refractivity contribution in [1.29, 1.82) is 0 Å². The van der Waals surface area contributed by atoms with Crippen LogP contribution in [0.15, 0.2) is 0 Å². The van der Waals surface area contributed by atoms with Gasteiger partial charge in [0.2, 0.25) is 5.91 Å². The Labute approximate surface area is 97.8 Å². The summed E-state index contributed by atoms with van der Waals surface area (Å²) in [5.41, 5.74) is 0. The van der Waals surface area contributed by atoms with Gasteiger partial charge < -0.3 is 10.0 Å². The molecule has 2 aliphatic rings. The normalized spacial score (nSPS) is 28.8. The van der Waals surface area contributed by atoms with Crippen molar-refractivity contribution in [2.75, 3.05) is 13.1 Å². The summed E-state index contributed by atoms with van der Waals surface area (Å²) in [5.74, 6) is 0.549. The average Bonchev–Trinajstić information content (AvgIpc) is 2.56. The number of aliphatic hydroxyl groups is 1. The number of hydrogen-bond acceptors (Lipinski definition) is 2. The lowest BCUT2D eigenvalue weighted by molar-refractivity contribution is -0.139. The average molecular weight is 225 g/mol. The fourth-order valence-corrected chi connectivity index (χ4v) is 2.94. The molecule has 1 aliphatic carbocycles. The maximum absolute atomic E-state index is 12.3. The predicted molar refractivity (Wildman–Crippen MR) is 63.0 cm³/mol. The highest BCUT2D eigenvalue weighted by Gasteiger charge is 2.28. The summed E-state index contributed by atoms with van der Waals surface area (Å²) in [6, 6.07) is 0. The zero-order chi connectivity index (χ0) is 11.4. The van der Waals surface area contributed by atoms with Gasteiger partial charge >= 0.3 is 0 Å². The van der Waals surface area contributed by atoms with Gasteiger partial charge in [-0.15, -0.1) is 0 Å². The summed E-state index contributed by atoms with van der Waals surface area (Å²) in [4.78, 5) is 14.2. The number of piperidine rings is 1. The number of carbonyl (C=O) groups is 1. The van der Waals surface area contributed by atoms with E-state index in [0.717, 1.165) is 32.2 Å². The van der Waals surface area contributed by atoms with Gasteiger partial charge in [-0.25, -0.2) is 0 Å².